The average Bonchev–Trinajstić information content (AvgIpc) is 2.88. The first kappa shape index (κ1) is 14.0. The molecule has 0 saturated carbocycles. The first-order valence-electron chi connectivity index (χ1n) is 5.88. The Morgan fingerprint density at radius 1 is 1.74 bits per heavy atom. The summed E-state index contributed by atoms with van der Waals surface area (Å²) in [6.07, 6.45) is 2.15. The highest BCUT2D eigenvalue weighted by atomic mass is 35.5. The fourth-order valence-corrected chi connectivity index (χ4v) is 2.11. The fourth-order valence-electron chi connectivity index (χ4n) is 1.92. The fraction of sp³-hybridized carbons (Fsp3) is 0.500. The molecular formula is C12H16ClN3O3. The Labute approximate surface area is 116 Å². The highest BCUT2D eigenvalue weighted by Crippen LogP contribution is 2.22. The molecule has 6 nitrogen and oxygen atoms in total. The lowest BCUT2D eigenvalue weighted by molar-refractivity contribution is -0.0148. The Hall–Kier alpha value is -1.37. The lowest BCUT2D eigenvalue weighted by Gasteiger charge is -2.25. The van der Waals surface area contributed by atoms with Gasteiger partial charge in [0.05, 0.1) is 24.1 Å². The lowest BCUT2D eigenvalue weighted by Crippen LogP contribution is -2.45. The van der Waals surface area contributed by atoms with E-state index in [1.165, 1.54) is 12.3 Å². The predicted molar refractivity (Wildman–Crippen MR) is 71.2 cm³/mol. The predicted octanol–water partition coefficient (Wildman–Crippen LogP) is 0.852. The number of halogens is 1. The minimum Gasteiger partial charge on any atom is -0.397 e. The molecule has 1 aromatic rings. The molecule has 1 aromatic heterocycles. The van der Waals surface area contributed by atoms with Gasteiger partial charge in [-0.2, -0.15) is 0 Å². The molecule has 2 heterocycles. The van der Waals surface area contributed by atoms with Gasteiger partial charge < -0.3 is 20.5 Å². The van der Waals surface area contributed by atoms with Gasteiger partial charge in [-0.3, -0.25) is 4.79 Å². The van der Waals surface area contributed by atoms with Gasteiger partial charge in [-0.1, -0.05) is 11.6 Å². The van der Waals surface area contributed by atoms with E-state index in [1.807, 2.05) is 0 Å². The maximum atomic E-state index is 12.0. The van der Waals surface area contributed by atoms with Crippen LogP contribution in [0.1, 0.15) is 16.8 Å². The standard InChI is InChI=1S/C12H16ClN3O3/c1-18-12(2-3-19-7-12)6-16-11(17)9-4-8(14)5-15-10(9)13/h4-5H,2-3,6-7,14H2,1H3,(H,16,17). The molecule has 2 rings (SSSR count). The number of nitrogens with one attached hydrogen (secondary N) is 1. The number of nitrogen functional groups attached to an aromatic ring is 1. The Morgan fingerprint density at radius 2 is 2.53 bits per heavy atom. The van der Waals surface area contributed by atoms with Crippen LogP contribution >= 0.6 is 11.6 Å². The molecule has 3 N–H and O–H groups in total. The summed E-state index contributed by atoms with van der Waals surface area (Å²) in [4.78, 5) is 15.9. The molecule has 1 saturated heterocycles. The Kier molecular flexibility index (Phi) is 4.24. The quantitative estimate of drug-likeness (QED) is 0.801. The van der Waals surface area contributed by atoms with Crippen molar-refractivity contribution in [3.8, 4) is 0 Å². The molecule has 1 aliphatic heterocycles. The van der Waals surface area contributed by atoms with Crippen LogP contribution in [0.3, 0.4) is 0 Å². The molecule has 0 aliphatic carbocycles. The van der Waals surface area contributed by atoms with Crippen LogP contribution in [0.2, 0.25) is 5.15 Å². The highest BCUT2D eigenvalue weighted by Gasteiger charge is 2.35. The number of ether oxygens (including phenoxy) is 2. The molecule has 1 unspecified atom stereocenters. The van der Waals surface area contributed by atoms with E-state index in [9.17, 15) is 4.79 Å². The summed E-state index contributed by atoms with van der Waals surface area (Å²) in [5.41, 5.74) is 5.77. The third-order valence-electron chi connectivity index (χ3n) is 3.18. The number of hydrogen-bond donors (Lipinski definition) is 2. The normalized spacial score (nSPS) is 22.4. The third-order valence-corrected chi connectivity index (χ3v) is 3.48. The Balaban J connectivity index is 2.03. The van der Waals surface area contributed by atoms with Crippen LogP contribution < -0.4 is 11.1 Å². The summed E-state index contributed by atoms with van der Waals surface area (Å²) in [6.45, 7) is 1.45. The van der Waals surface area contributed by atoms with E-state index in [2.05, 4.69) is 10.3 Å². The lowest BCUT2D eigenvalue weighted by atomic mass is 10.0. The van der Waals surface area contributed by atoms with E-state index in [1.54, 1.807) is 7.11 Å². The number of rotatable bonds is 4. The SMILES string of the molecule is COC1(CNC(=O)c2cc(N)cnc2Cl)CCOC1. The second-order valence-corrected chi connectivity index (χ2v) is 4.84. The van der Waals surface area contributed by atoms with Crippen molar-refractivity contribution < 1.29 is 14.3 Å². The number of amides is 1. The van der Waals surface area contributed by atoms with Crippen LogP contribution in [-0.4, -0.2) is 43.4 Å². The zero-order valence-electron chi connectivity index (χ0n) is 10.6. The van der Waals surface area contributed by atoms with Gasteiger partial charge in [-0.05, 0) is 6.07 Å². The molecule has 1 fully saturated rings. The van der Waals surface area contributed by atoms with Gasteiger partial charge in [0.2, 0.25) is 0 Å². The third kappa shape index (κ3) is 3.15. The molecule has 0 radical (unpaired) electrons. The number of methoxy groups -OCH3 is 1. The first-order chi connectivity index (χ1) is 9.06. The number of hydrogen-bond acceptors (Lipinski definition) is 5. The minimum absolute atomic E-state index is 0.126. The van der Waals surface area contributed by atoms with Crippen LogP contribution in [0.4, 0.5) is 5.69 Å². The molecule has 0 aromatic carbocycles. The molecule has 1 amide bonds. The molecule has 0 bridgehead atoms. The van der Waals surface area contributed by atoms with Gasteiger partial charge in [-0.25, -0.2) is 4.98 Å². The van der Waals surface area contributed by atoms with Gasteiger partial charge in [0.15, 0.2) is 0 Å². The first-order valence-corrected chi connectivity index (χ1v) is 6.26. The van der Waals surface area contributed by atoms with Crippen LogP contribution in [-0.2, 0) is 9.47 Å². The van der Waals surface area contributed by atoms with E-state index in [-0.39, 0.29) is 16.6 Å². The number of anilines is 1. The molecule has 0 spiro atoms. The van der Waals surface area contributed by atoms with Gasteiger partial charge in [0.1, 0.15) is 10.8 Å². The maximum absolute atomic E-state index is 12.0. The minimum atomic E-state index is -0.462. The van der Waals surface area contributed by atoms with E-state index in [4.69, 9.17) is 26.8 Å². The van der Waals surface area contributed by atoms with Crippen molar-refractivity contribution in [3.63, 3.8) is 0 Å². The van der Waals surface area contributed by atoms with Gasteiger partial charge in [0, 0.05) is 26.7 Å². The van der Waals surface area contributed by atoms with Crippen LogP contribution in [0.15, 0.2) is 12.3 Å². The smallest absolute Gasteiger partial charge is 0.254 e. The van der Waals surface area contributed by atoms with Gasteiger partial charge in [0.25, 0.3) is 5.91 Å². The molecule has 1 aliphatic rings. The summed E-state index contributed by atoms with van der Waals surface area (Å²) in [5.74, 6) is -0.326. The Morgan fingerprint density at radius 3 is 3.16 bits per heavy atom. The summed E-state index contributed by atoms with van der Waals surface area (Å²) < 4.78 is 10.7. The molecular weight excluding hydrogens is 270 g/mol. The molecule has 19 heavy (non-hydrogen) atoms. The van der Waals surface area contributed by atoms with E-state index in [0.717, 1.165) is 6.42 Å². The average molecular weight is 286 g/mol. The van der Waals surface area contributed by atoms with E-state index < -0.39 is 5.60 Å². The van der Waals surface area contributed by atoms with Crippen molar-refractivity contribution in [2.75, 3.05) is 32.6 Å². The molecule has 1 atom stereocenters. The monoisotopic (exact) mass is 285 g/mol. The molecule has 104 valence electrons. The van der Waals surface area contributed by atoms with Crippen LogP contribution in [0, 0.1) is 0 Å². The molecule has 7 heteroatoms. The van der Waals surface area contributed by atoms with Crippen molar-refractivity contribution in [2.45, 2.75) is 12.0 Å². The number of carbonyl (C=O) groups excluding carboxylic acids is 1. The second kappa shape index (κ2) is 5.73. The zero-order valence-corrected chi connectivity index (χ0v) is 11.4. The van der Waals surface area contributed by atoms with Crippen molar-refractivity contribution in [1.82, 2.24) is 10.3 Å². The Bertz CT molecular complexity index is 475. The van der Waals surface area contributed by atoms with Crippen LogP contribution in [0.5, 0.6) is 0 Å². The zero-order chi connectivity index (χ0) is 13.9. The number of aromatic nitrogens is 1. The largest absolute Gasteiger partial charge is 0.397 e. The number of nitrogens with zero attached hydrogens (tertiary/aromatic N) is 1. The number of pyridine rings is 1. The summed E-state index contributed by atoms with van der Waals surface area (Å²) >= 11 is 5.87. The highest BCUT2D eigenvalue weighted by molar-refractivity contribution is 6.32. The summed E-state index contributed by atoms with van der Waals surface area (Å²) in [7, 11) is 1.61. The summed E-state index contributed by atoms with van der Waals surface area (Å²) in [5, 5.41) is 2.90. The van der Waals surface area contributed by atoms with E-state index in [0.29, 0.717) is 25.4 Å². The number of nitrogens with two attached hydrogens (primary N) is 1. The van der Waals surface area contributed by atoms with E-state index >= 15 is 0 Å². The van der Waals surface area contributed by atoms with Crippen LogP contribution in [0.25, 0.3) is 0 Å². The van der Waals surface area contributed by atoms with Crippen molar-refractivity contribution in [1.29, 1.82) is 0 Å². The maximum Gasteiger partial charge on any atom is 0.254 e. The van der Waals surface area contributed by atoms with Crippen molar-refractivity contribution in [3.05, 3.63) is 23.0 Å². The van der Waals surface area contributed by atoms with Crippen molar-refractivity contribution in [2.24, 2.45) is 0 Å². The van der Waals surface area contributed by atoms with Gasteiger partial charge >= 0.3 is 0 Å². The summed E-state index contributed by atoms with van der Waals surface area (Å²) in [6, 6.07) is 1.50. The van der Waals surface area contributed by atoms with Crippen molar-refractivity contribution >= 4 is 23.2 Å². The second-order valence-electron chi connectivity index (χ2n) is 4.48. The number of carbonyl (C=O) groups is 1. The van der Waals surface area contributed by atoms with Gasteiger partial charge in [-0.15, -0.1) is 0 Å². The topological polar surface area (TPSA) is 86.5 Å².